The predicted molar refractivity (Wildman–Crippen MR) is 100 cm³/mol. The van der Waals surface area contributed by atoms with Crippen LogP contribution in [0.5, 0.6) is 0 Å². The molecule has 5 rings (SSSR count). The highest BCUT2D eigenvalue weighted by Crippen LogP contribution is 2.54. The number of halogens is 1. The fraction of sp³-hybridized carbons (Fsp3) is 0.400. The first-order valence-corrected chi connectivity index (χ1v) is 9.63. The molecule has 2 saturated carbocycles. The Balaban J connectivity index is 1.25. The van der Waals surface area contributed by atoms with E-state index in [2.05, 4.69) is 19.5 Å². The molecular formula is C20H19ClN4O2. The fourth-order valence-electron chi connectivity index (χ4n) is 4.82. The molecule has 1 aromatic carbocycles. The Morgan fingerprint density at radius 2 is 1.96 bits per heavy atom. The molecule has 2 aromatic heterocycles. The van der Waals surface area contributed by atoms with E-state index in [0.29, 0.717) is 46.6 Å². The highest BCUT2D eigenvalue weighted by atomic mass is 35.5. The summed E-state index contributed by atoms with van der Waals surface area (Å²) in [6, 6.07) is 9.55. The van der Waals surface area contributed by atoms with E-state index in [9.17, 15) is 4.79 Å². The summed E-state index contributed by atoms with van der Waals surface area (Å²) >= 11 is 6.13. The van der Waals surface area contributed by atoms with Crippen molar-refractivity contribution >= 4 is 28.7 Å². The van der Waals surface area contributed by atoms with Crippen LogP contribution in [0.1, 0.15) is 35.7 Å². The van der Waals surface area contributed by atoms with Crippen molar-refractivity contribution < 1.29 is 9.53 Å². The van der Waals surface area contributed by atoms with Gasteiger partial charge in [-0.25, -0.2) is 19.7 Å². The highest BCUT2D eigenvalue weighted by molar-refractivity contribution is 6.33. The number of carbonyl (C=O) groups is 1. The van der Waals surface area contributed by atoms with Crippen molar-refractivity contribution in [2.45, 2.75) is 25.3 Å². The maximum Gasteiger partial charge on any atom is 0.338 e. The first-order valence-electron chi connectivity index (χ1n) is 9.26. The van der Waals surface area contributed by atoms with Gasteiger partial charge >= 0.3 is 5.97 Å². The van der Waals surface area contributed by atoms with Gasteiger partial charge in [0.25, 0.3) is 0 Å². The van der Waals surface area contributed by atoms with Crippen LogP contribution >= 0.6 is 11.6 Å². The molecule has 6 nitrogen and oxygen atoms in total. The molecule has 0 saturated heterocycles. The molecule has 4 unspecified atom stereocenters. The average molecular weight is 383 g/mol. The number of nitrogens with zero attached hydrogens (tertiary/aromatic N) is 4. The lowest BCUT2D eigenvalue weighted by Gasteiger charge is -2.28. The van der Waals surface area contributed by atoms with Crippen molar-refractivity contribution in [3.05, 3.63) is 53.7 Å². The Hall–Kier alpha value is -2.47. The number of ether oxygens (including phenoxy) is 1. The second-order valence-electron chi connectivity index (χ2n) is 7.51. The predicted octanol–water partition coefficient (Wildman–Crippen LogP) is 3.92. The van der Waals surface area contributed by atoms with Crippen LogP contribution in [0.3, 0.4) is 0 Å². The van der Waals surface area contributed by atoms with E-state index < -0.39 is 0 Å². The second-order valence-corrected chi connectivity index (χ2v) is 7.87. The summed E-state index contributed by atoms with van der Waals surface area (Å²) < 4.78 is 7.73. The minimum Gasteiger partial charge on any atom is -0.462 e. The molecule has 0 aliphatic heterocycles. The molecule has 27 heavy (non-hydrogen) atoms. The maximum atomic E-state index is 12.2. The largest absolute Gasteiger partial charge is 0.462 e. The van der Waals surface area contributed by atoms with Crippen molar-refractivity contribution in [3.63, 3.8) is 0 Å². The van der Waals surface area contributed by atoms with Gasteiger partial charge in [0.2, 0.25) is 0 Å². The molecule has 4 atom stereocenters. The Bertz CT molecular complexity index is 990. The third-order valence-electron chi connectivity index (χ3n) is 6.08. The van der Waals surface area contributed by atoms with Crippen LogP contribution in [-0.4, -0.2) is 32.1 Å². The van der Waals surface area contributed by atoms with Crippen LogP contribution in [0, 0.1) is 17.8 Å². The monoisotopic (exact) mass is 382 g/mol. The zero-order valence-corrected chi connectivity index (χ0v) is 15.4. The summed E-state index contributed by atoms with van der Waals surface area (Å²) in [5.74, 6) is 1.33. The zero-order valence-electron chi connectivity index (χ0n) is 14.7. The minimum absolute atomic E-state index is 0.234. The van der Waals surface area contributed by atoms with Crippen LogP contribution in [0.15, 0.2) is 43.0 Å². The number of benzene rings is 1. The van der Waals surface area contributed by atoms with Gasteiger partial charge in [-0.3, -0.25) is 0 Å². The van der Waals surface area contributed by atoms with Gasteiger partial charge < -0.3 is 9.30 Å². The SMILES string of the molecule is O=C(OCC1CC2CC1CC2n1cnc2c(Cl)ncnc21)c1ccccc1. The van der Waals surface area contributed by atoms with Gasteiger partial charge in [-0.1, -0.05) is 29.8 Å². The number of hydrogen-bond donors (Lipinski definition) is 0. The molecule has 0 N–H and O–H groups in total. The van der Waals surface area contributed by atoms with Gasteiger partial charge in [0.1, 0.15) is 11.8 Å². The quantitative estimate of drug-likeness (QED) is 0.505. The topological polar surface area (TPSA) is 69.9 Å². The molecular weight excluding hydrogens is 364 g/mol. The molecule has 2 bridgehead atoms. The van der Waals surface area contributed by atoms with Crippen LogP contribution < -0.4 is 0 Å². The van der Waals surface area contributed by atoms with E-state index >= 15 is 0 Å². The third kappa shape index (κ3) is 2.88. The Labute approximate surface area is 161 Å². The number of carbonyl (C=O) groups excluding carboxylic acids is 1. The zero-order chi connectivity index (χ0) is 18.4. The standard InChI is InChI=1S/C20H19ClN4O2/c21-18-17-19(23-10-22-18)25(11-24-17)16-8-13-6-14(16)7-15(13)9-27-20(26)12-4-2-1-3-5-12/h1-5,10-11,13-16H,6-9H2. The van der Waals surface area contributed by atoms with Gasteiger partial charge in [0, 0.05) is 6.04 Å². The van der Waals surface area contributed by atoms with Crippen LogP contribution in [0.2, 0.25) is 5.15 Å². The summed E-state index contributed by atoms with van der Waals surface area (Å²) in [5.41, 5.74) is 2.08. The van der Waals surface area contributed by atoms with E-state index in [-0.39, 0.29) is 5.97 Å². The number of aromatic nitrogens is 4. The van der Waals surface area contributed by atoms with Crippen LogP contribution in [0.4, 0.5) is 0 Å². The summed E-state index contributed by atoms with van der Waals surface area (Å²) in [5, 5.41) is 0.396. The van der Waals surface area contributed by atoms with E-state index in [1.165, 1.54) is 6.33 Å². The van der Waals surface area contributed by atoms with E-state index in [0.717, 1.165) is 24.9 Å². The lowest BCUT2D eigenvalue weighted by Crippen LogP contribution is -2.25. The summed E-state index contributed by atoms with van der Waals surface area (Å²) in [6.07, 6.45) is 6.61. The first-order chi connectivity index (χ1) is 13.2. The maximum absolute atomic E-state index is 12.2. The highest BCUT2D eigenvalue weighted by Gasteiger charge is 2.47. The number of rotatable bonds is 4. The fourth-order valence-corrected chi connectivity index (χ4v) is 4.99. The molecule has 0 amide bonds. The molecule has 2 fully saturated rings. The molecule has 2 aliphatic carbocycles. The molecule has 7 heteroatoms. The Morgan fingerprint density at radius 1 is 1.11 bits per heavy atom. The molecule has 2 heterocycles. The van der Waals surface area contributed by atoms with Gasteiger partial charge in [-0.15, -0.1) is 0 Å². The van der Waals surface area contributed by atoms with Gasteiger partial charge in [0.05, 0.1) is 18.5 Å². The van der Waals surface area contributed by atoms with E-state index in [1.807, 2.05) is 24.5 Å². The number of esters is 1. The molecule has 0 radical (unpaired) electrons. The minimum atomic E-state index is -0.234. The van der Waals surface area contributed by atoms with Crippen molar-refractivity contribution in [2.75, 3.05) is 6.61 Å². The molecule has 3 aromatic rings. The number of imidazole rings is 1. The smallest absolute Gasteiger partial charge is 0.338 e. The summed E-state index contributed by atoms with van der Waals surface area (Å²) in [6.45, 7) is 0.500. The Morgan fingerprint density at radius 3 is 2.74 bits per heavy atom. The third-order valence-corrected chi connectivity index (χ3v) is 6.35. The van der Waals surface area contributed by atoms with E-state index in [1.54, 1.807) is 12.1 Å². The lowest BCUT2D eigenvalue weighted by atomic mass is 9.86. The molecule has 0 spiro atoms. The van der Waals surface area contributed by atoms with E-state index in [4.69, 9.17) is 16.3 Å². The van der Waals surface area contributed by atoms with Gasteiger partial charge in [-0.2, -0.15) is 0 Å². The Kier molecular flexibility index (Phi) is 4.08. The average Bonchev–Trinajstić information content (AvgIpc) is 3.40. The number of hydrogen-bond acceptors (Lipinski definition) is 5. The summed E-state index contributed by atoms with van der Waals surface area (Å²) in [4.78, 5) is 25.0. The second kappa shape index (κ2) is 6.60. The van der Waals surface area contributed by atoms with Crippen LogP contribution in [-0.2, 0) is 4.74 Å². The van der Waals surface area contributed by atoms with Gasteiger partial charge in [0.15, 0.2) is 10.8 Å². The van der Waals surface area contributed by atoms with Crippen LogP contribution in [0.25, 0.3) is 11.2 Å². The first kappa shape index (κ1) is 16.7. The number of fused-ring (bicyclic) bond motifs is 3. The summed E-state index contributed by atoms with van der Waals surface area (Å²) in [7, 11) is 0. The molecule has 138 valence electrons. The van der Waals surface area contributed by atoms with Crippen molar-refractivity contribution in [1.29, 1.82) is 0 Å². The van der Waals surface area contributed by atoms with Crippen molar-refractivity contribution in [1.82, 2.24) is 19.5 Å². The lowest BCUT2D eigenvalue weighted by molar-refractivity contribution is 0.0381. The molecule has 2 aliphatic rings. The van der Waals surface area contributed by atoms with Crippen molar-refractivity contribution in [3.8, 4) is 0 Å². The van der Waals surface area contributed by atoms with Crippen molar-refractivity contribution in [2.24, 2.45) is 17.8 Å². The van der Waals surface area contributed by atoms with Gasteiger partial charge in [-0.05, 0) is 49.1 Å². The normalized spacial score (nSPS) is 26.6.